The zero-order valence-electron chi connectivity index (χ0n) is 25.8. The molecule has 4 heteroatoms. The van der Waals surface area contributed by atoms with Crippen LogP contribution in [0.2, 0.25) is 0 Å². The van der Waals surface area contributed by atoms with Gasteiger partial charge in [0.25, 0.3) is 0 Å². The molecule has 2 saturated heterocycles. The van der Waals surface area contributed by atoms with Crippen molar-refractivity contribution in [2.75, 3.05) is 26.4 Å². The average molecular weight is 613 g/mol. The summed E-state index contributed by atoms with van der Waals surface area (Å²) in [4.78, 5) is 0. The molecule has 1 aliphatic carbocycles. The third-order valence-electron chi connectivity index (χ3n) is 10.1. The van der Waals surface area contributed by atoms with E-state index < -0.39 is 5.41 Å². The minimum absolute atomic E-state index is 0.227. The molecule has 2 unspecified atom stereocenters. The molecule has 0 saturated carbocycles. The van der Waals surface area contributed by atoms with E-state index in [1.54, 1.807) is 0 Å². The van der Waals surface area contributed by atoms with Gasteiger partial charge in [0, 0.05) is 0 Å². The summed E-state index contributed by atoms with van der Waals surface area (Å²) in [6.45, 7) is 2.77. The van der Waals surface area contributed by atoms with Gasteiger partial charge in [-0.05, 0) is 114 Å². The number of benzene rings is 7. The Morgan fingerprint density at radius 1 is 0.468 bits per heavy atom. The Bertz CT molecular complexity index is 2250. The summed E-state index contributed by atoms with van der Waals surface area (Å²) in [6, 6.07) is 49.2. The second-order valence-corrected chi connectivity index (χ2v) is 13.0. The van der Waals surface area contributed by atoms with Crippen molar-refractivity contribution < 1.29 is 18.9 Å². The maximum Gasteiger partial charge on any atom is 0.120 e. The van der Waals surface area contributed by atoms with Crippen LogP contribution in [0.25, 0.3) is 43.4 Å². The Morgan fingerprint density at radius 3 is 1.55 bits per heavy atom. The molecule has 0 N–H and O–H groups in total. The zero-order valence-corrected chi connectivity index (χ0v) is 25.8. The lowest BCUT2D eigenvalue weighted by atomic mass is 9.67. The van der Waals surface area contributed by atoms with Crippen molar-refractivity contribution in [3.8, 4) is 22.6 Å². The van der Waals surface area contributed by atoms with Crippen LogP contribution in [0.5, 0.6) is 11.5 Å². The van der Waals surface area contributed by atoms with E-state index in [4.69, 9.17) is 18.9 Å². The SMILES string of the molecule is c1ccc2c(c1)-c1cc3ccccc3cc1C2(c1ccc2cc(OCC3CO3)ccc2c1)c1ccc2cc(OCC3CO3)ccc2c1. The number of hydrogen-bond donors (Lipinski definition) is 0. The maximum atomic E-state index is 6.03. The molecule has 228 valence electrons. The first-order chi connectivity index (χ1) is 23.2. The number of rotatable bonds is 8. The molecule has 2 heterocycles. The standard InChI is InChI=1S/C43H32O4/c1-2-6-28-22-42-40(21-27(28)5-1)39-7-3-4-8-41(39)43(42,33-13-9-31-19-35(15-11-29(31)17-33)44-23-37-25-46-37)34-14-10-32-20-36(16-12-30(32)18-34)45-24-38-26-47-38/h1-22,37-38H,23-26H2. The zero-order chi connectivity index (χ0) is 31.0. The fourth-order valence-electron chi connectivity index (χ4n) is 7.55. The molecule has 0 bridgehead atoms. The molecule has 0 radical (unpaired) electrons. The molecule has 3 aliphatic rings. The number of hydrogen-bond acceptors (Lipinski definition) is 4. The van der Waals surface area contributed by atoms with Crippen LogP contribution in [0.4, 0.5) is 0 Å². The highest BCUT2D eigenvalue weighted by atomic mass is 16.6. The van der Waals surface area contributed by atoms with Crippen molar-refractivity contribution in [2.24, 2.45) is 0 Å². The minimum atomic E-state index is -0.519. The first-order valence-corrected chi connectivity index (χ1v) is 16.4. The number of ether oxygens (including phenoxy) is 4. The second-order valence-electron chi connectivity index (χ2n) is 13.0. The van der Waals surface area contributed by atoms with Crippen LogP contribution in [0.1, 0.15) is 22.3 Å². The summed E-state index contributed by atoms with van der Waals surface area (Å²) in [6.07, 6.45) is 0.454. The Balaban J connectivity index is 1.19. The van der Waals surface area contributed by atoms with Crippen LogP contribution in [0.3, 0.4) is 0 Å². The predicted molar refractivity (Wildman–Crippen MR) is 187 cm³/mol. The summed E-state index contributed by atoms with van der Waals surface area (Å²) in [5, 5.41) is 7.18. The summed E-state index contributed by atoms with van der Waals surface area (Å²) in [5.74, 6) is 1.75. The Labute approximate surface area is 273 Å². The molecule has 2 aliphatic heterocycles. The number of epoxide rings is 2. The van der Waals surface area contributed by atoms with Crippen molar-refractivity contribution in [2.45, 2.75) is 17.6 Å². The lowest BCUT2D eigenvalue weighted by molar-refractivity contribution is 0.263. The van der Waals surface area contributed by atoms with E-state index in [1.165, 1.54) is 54.9 Å². The summed E-state index contributed by atoms with van der Waals surface area (Å²) in [5.41, 5.74) is 7.16. The van der Waals surface area contributed by atoms with E-state index in [-0.39, 0.29) is 12.2 Å². The van der Waals surface area contributed by atoms with Gasteiger partial charge in [0.2, 0.25) is 0 Å². The van der Waals surface area contributed by atoms with Crippen molar-refractivity contribution >= 4 is 32.3 Å². The van der Waals surface area contributed by atoms with E-state index in [0.717, 1.165) is 35.5 Å². The molecule has 7 aromatic rings. The fourth-order valence-corrected chi connectivity index (χ4v) is 7.55. The maximum absolute atomic E-state index is 6.03. The van der Waals surface area contributed by atoms with Gasteiger partial charge in [0.1, 0.15) is 36.9 Å². The smallest absolute Gasteiger partial charge is 0.120 e. The predicted octanol–water partition coefficient (Wildman–Crippen LogP) is 9.06. The van der Waals surface area contributed by atoms with Crippen molar-refractivity contribution in [1.29, 1.82) is 0 Å². The highest BCUT2D eigenvalue weighted by Gasteiger charge is 2.46. The van der Waals surface area contributed by atoms with Gasteiger partial charge in [-0.15, -0.1) is 0 Å². The van der Waals surface area contributed by atoms with Gasteiger partial charge >= 0.3 is 0 Å². The normalized spacial score (nSPS) is 20.7. The van der Waals surface area contributed by atoms with Crippen LogP contribution < -0.4 is 9.47 Å². The van der Waals surface area contributed by atoms with Crippen molar-refractivity contribution in [3.05, 3.63) is 156 Å². The summed E-state index contributed by atoms with van der Waals surface area (Å²) in [7, 11) is 0. The van der Waals surface area contributed by atoms with Gasteiger partial charge in [-0.2, -0.15) is 0 Å². The molecule has 0 spiro atoms. The lowest BCUT2D eigenvalue weighted by Gasteiger charge is -2.34. The molecule has 2 atom stereocenters. The molecular weight excluding hydrogens is 580 g/mol. The van der Waals surface area contributed by atoms with Crippen LogP contribution >= 0.6 is 0 Å². The molecule has 10 rings (SSSR count). The quantitative estimate of drug-likeness (QED) is 0.161. The van der Waals surface area contributed by atoms with Gasteiger partial charge in [-0.25, -0.2) is 0 Å². The summed E-state index contributed by atoms with van der Waals surface area (Å²) >= 11 is 0. The molecule has 0 aromatic heterocycles. The largest absolute Gasteiger partial charge is 0.491 e. The first-order valence-electron chi connectivity index (χ1n) is 16.4. The van der Waals surface area contributed by atoms with Gasteiger partial charge < -0.3 is 18.9 Å². The third kappa shape index (κ3) is 4.51. The Hall–Kier alpha value is -5.16. The van der Waals surface area contributed by atoms with Gasteiger partial charge in [-0.3, -0.25) is 0 Å². The van der Waals surface area contributed by atoms with Crippen LogP contribution in [0.15, 0.2) is 133 Å². The topological polar surface area (TPSA) is 43.5 Å². The highest BCUT2D eigenvalue weighted by Crippen LogP contribution is 2.57. The van der Waals surface area contributed by atoms with E-state index in [1.807, 2.05) is 0 Å². The average Bonchev–Trinajstić information content (AvgIpc) is 4.07. The third-order valence-corrected chi connectivity index (χ3v) is 10.1. The molecule has 0 amide bonds. The van der Waals surface area contributed by atoms with E-state index in [0.29, 0.717) is 13.2 Å². The minimum Gasteiger partial charge on any atom is -0.491 e. The molecule has 47 heavy (non-hydrogen) atoms. The Morgan fingerprint density at radius 2 is 0.957 bits per heavy atom. The van der Waals surface area contributed by atoms with E-state index in [2.05, 4.69) is 133 Å². The molecule has 4 nitrogen and oxygen atoms in total. The first kappa shape index (κ1) is 27.0. The monoisotopic (exact) mass is 612 g/mol. The van der Waals surface area contributed by atoms with Crippen LogP contribution in [0, 0.1) is 0 Å². The molecular formula is C43H32O4. The van der Waals surface area contributed by atoms with Crippen molar-refractivity contribution in [3.63, 3.8) is 0 Å². The highest BCUT2D eigenvalue weighted by molar-refractivity contribution is 5.97. The van der Waals surface area contributed by atoms with Gasteiger partial charge in [0.15, 0.2) is 0 Å². The van der Waals surface area contributed by atoms with Crippen molar-refractivity contribution in [1.82, 2.24) is 0 Å². The van der Waals surface area contributed by atoms with E-state index >= 15 is 0 Å². The summed E-state index contributed by atoms with van der Waals surface area (Å²) < 4.78 is 22.8. The van der Waals surface area contributed by atoms with Crippen LogP contribution in [-0.4, -0.2) is 38.6 Å². The van der Waals surface area contributed by atoms with Crippen LogP contribution in [-0.2, 0) is 14.9 Å². The number of fused-ring (bicyclic) bond motifs is 6. The van der Waals surface area contributed by atoms with Gasteiger partial charge in [0.05, 0.1) is 18.6 Å². The van der Waals surface area contributed by atoms with Gasteiger partial charge in [-0.1, -0.05) is 84.9 Å². The second kappa shape index (κ2) is 10.4. The fraction of sp³-hybridized carbons (Fsp3) is 0.163. The molecule has 7 aromatic carbocycles. The Kier molecular flexibility index (Phi) is 5.99. The lowest BCUT2D eigenvalue weighted by Crippen LogP contribution is -2.28. The molecule has 2 fully saturated rings. The van der Waals surface area contributed by atoms with E-state index in [9.17, 15) is 0 Å².